The van der Waals surface area contributed by atoms with Gasteiger partial charge >= 0.3 is 5.97 Å². The molecule has 0 saturated heterocycles. The fraction of sp³-hybridized carbons (Fsp3) is 0.0800. The average molecular weight is 463 g/mol. The Balaban J connectivity index is 1.43. The average Bonchev–Trinajstić information content (AvgIpc) is 3.28. The minimum absolute atomic E-state index is 0.0951. The van der Waals surface area contributed by atoms with Crippen LogP contribution in [0.1, 0.15) is 23.0 Å². The van der Waals surface area contributed by atoms with Crippen molar-refractivity contribution in [2.24, 2.45) is 0 Å². The number of carbonyl (C=O) groups excluding carboxylic acids is 2. The number of carbonyl (C=O) groups is 2. The number of thiazole rings is 1. The molecule has 166 valence electrons. The van der Waals surface area contributed by atoms with Crippen molar-refractivity contribution in [3.8, 4) is 11.5 Å². The summed E-state index contributed by atoms with van der Waals surface area (Å²) >= 11 is 1.16. The third kappa shape index (κ3) is 5.42. The first-order chi connectivity index (χ1) is 16.0. The Hall–Kier alpha value is -4.04. The molecule has 3 aromatic carbocycles. The quantitative estimate of drug-likeness (QED) is 0.310. The van der Waals surface area contributed by atoms with Crippen LogP contribution in [0.15, 0.2) is 84.2 Å². The van der Waals surface area contributed by atoms with Gasteiger partial charge in [-0.15, -0.1) is 11.3 Å². The number of esters is 1. The summed E-state index contributed by atoms with van der Waals surface area (Å²) in [5, 5.41) is 1.95. The van der Waals surface area contributed by atoms with Gasteiger partial charge in [-0.2, -0.15) is 0 Å². The first-order valence-corrected chi connectivity index (χ1v) is 10.9. The van der Waals surface area contributed by atoms with Gasteiger partial charge in [0, 0.05) is 12.3 Å². The maximum Gasteiger partial charge on any atom is 0.338 e. The van der Waals surface area contributed by atoms with E-state index in [1.165, 1.54) is 24.0 Å². The molecule has 1 amide bonds. The number of rotatable bonds is 7. The van der Waals surface area contributed by atoms with Gasteiger partial charge < -0.3 is 9.47 Å². The van der Waals surface area contributed by atoms with Gasteiger partial charge in [-0.05, 0) is 42.5 Å². The van der Waals surface area contributed by atoms with Crippen LogP contribution in [-0.2, 0) is 16.1 Å². The van der Waals surface area contributed by atoms with E-state index in [0.717, 1.165) is 11.3 Å². The molecule has 6 nitrogen and oxygen atoms in total. The van der Waals surface area contributed by atoms with Crippen LogP contribution in [0, 0.1) is 5.82 Å². The van der Waals surface area contributed by atoms with Crippen LogP contribution >= 0.6 is 11.3 Å². The highest BCUT2D eigenvalue weighted by molar-refractivity contribution is 7.14. The minimum atomic E-state index is -0.541. The second-order valence-electron chi connectivity index (χ2n) is 6.95. The molecule has 0 fully saturated rings. The van der Waals surface area contributed by atoms with Gasteiger partial charge in [-0.3, -0.25) is 9.69 Å². The number of ether oxygens (including phenoxy) is 2. The van der Waals surface area contributed by atoms with E-state index in [-0.39, 0.29) is 23.3 Å². The molecule has 4 rings (SSSR count). The van der Waals surface area contributed by atoms with Gasteiger partial charge in [-0.1, -0.05) is 36.4 Å². The van der Waals surface area contributed by atoms with Gasteiger partial charge in [-0.25, -0.2) is 14.2 Å². The second-order valence-corrected chi connectivity index (χ2v) is 7.78. The lowest BCUT2D eigenvalue weighted by molar-refractivity contribution is -0.115. The molecule has 33 heavy (non-hydrogen) atoms. The van der Waals surface area contributed by atoms with E-state index in [0.29, 0.717) is 22.8 Å². The Morgan fingerprint density at radius 2 is 1.70 bits per heavy atom. The molecule has 0 radical (unpaired) electrons. The molecule has 0 aliphatic rings. The van der Waals surface area contributed by atoms with Crippen LogP contribution in [0.4, 0.5) is 15.2 Å². The van der Waals surface area contributed by atoms with E-state index in [1.54, 1.807) is 41.8 Å². The zero-order valence-corrected chi connectivity index (χ0v) is 18.4. The molecule has 0 aliphatic heterocycles. The Labute approximate surface area is 193 Å². The smallest absolute Gasteiger partial charge is 0.338 e. The molecule has 0 aliphatic carbocycles. The van der Waals surface area contributed by atoms with E-state index in [1.807, 2.05) is 30.3 Å². The summed E-state index contributed by atoms with van der Waals surface area (Å²) in [7, 11) is 0. The fourth-order valence-electron chi connectivity index (χ4n) is 3.04. The molecule has 1 aromatic heterocycles. The number of nitrogens with zero attached hydrogens (tertiary/aromatic N) is 2. The van der Waals surface area contributed by atoms with Crippen LogP contribution in [0.3, 0.4) is 0 Å². The monoisotopic (exact) mass is 462 g/mol. The van der Waals surface area contributed by atoms with Gasteiger partial charge in [0.25, 0.3) is 0 Å². The van der Waals surface area contributed by atoms with Crippen LogP contribution in [0.25, 0.3) is 0 Å². The van der Waals surface area contributed by atoms with Gasteiger partial charge in [0.05, 0.1) is 16.9 Å². The first-order valence-electron chi connectivity index (χ1n) is 10.0. The summed E-state index contributed by atoms with van der Waals surface area (Å²) in [4.78, 5) is 30.2. The lowest BCUT2D eigenvalue weighted by Crippen LogP contribution is -2.23. The SMILES string of the molecule is CC(=O)N(c1nc(COC(=O)c2cccc(Oc3ccccc3)c2)cs1)c1ccccc1F. The minimum Gasteiger partial charge on any atom is -0.457 e. The highest BCUT2D eigenvalue weighted by atomic mass is 32.1. The topological polar surface area (TPSA) is 68.7 Å². The summed E-state index contributed by atoms with van der Waals surface area (Å²) in [6, 6.07) is 21.9. The Bertz CT molecular complexity index is 1280. The fourth-order valence-corrected chi connectivity index (χ4v) is 3.90. The lowest BCUT2D eigenvalue weighted by atomic mass is 10.2. The second kappa shape index (κ2) is 10.1. The highest BCUT2D eigenvalue weighted by Crippen LogP contribution is 2.31. The number of hydrogen-bond acceptors (Lipinski definition) is 6. The van der Waals surface area contributed by atoms with Crippen LogP contribution in [0.2, 0.25) is 0 Å². The normalized spacial score (nSPS) is 10.5. The predicted octanol–water partition coefficient (Wildman–Crippen LogP) is 6.12. The lowest BCUT2D eigenvalue weighted by Gasteiger charge is -2.18. The van der Waals surface area contributed by atoms with Gasteiger partial charge in [0.15, 0.2) is 5.13 Å². The largest absolute Gasteiger partial charge is 0.457 e. The third-order valence-corrected chi connectivity index (χ3v) is 5.41. The number of para-hydroxylation sites is 2. The van der Waals surface area contributed by atoms with E-state index in [4.69, 9.17) is 9.47 Å². The summed E-state index contributed by atoms with van der Waals surface area (Å²) in [6.45, 7) is 1.24. The van der Waals surface area contributed by atoms with Crippen molar-refractivity contribution in [3.05, 3.63) is 101 Å². The summed E-state index contributed by atoms with van der Waals surface area (Å²) < 4.78 is 25.3. The van der Waals surface area contributed by atoms with E-state index in [9.17, 15) is 14.0 Å². The summed E-state index contributed by atoms with van der Waals surface area (Å²) in [6.07, 6.45) is 0. The van der Waals surface area contributed by atoms with E-state index < -0.39 is 11.8 Å². The summed E-state index contributed by atoms with van der Waals surface area (Å²) in [5.74, 6) is -0.293. The predicted molar refractivity (Wildman–Crippen MR) is 123 cm³/mol. The molecule has 8 heteroatoms. The van der Waals surface area contributed by atoms with Crippen molar-refractivity contribution in [1.82, 2.24) is 4.98 Å². The molecule has 0 unspecified atom stereocenters. The van der Waals surface area contributed by atoms with Crippen molar-refractivity contribution in [1.29, 1.82) is 0 Å². The number of aromatic nitrogens is 1. The molecule has 0 bridgehead atoms. The number of halogens is 1. The van der Waals surface area contributed by atoms with Crippen molar-refractivity contribution in [2.75, 3.05) is 4.90 Å². The van der Waals surface area contributed by atoms with Crippen LogP contribution in [-0.4, -0.2) is 16.9 Å². The molecule has 0 spiro atoms. The number of anilines is 2. The summed E-state index contributed by atoms with van der Waals surface area (Å²) in [5.41, 5.74) is 0.886. The van der Waals surface area contributed by atoms with Gasteiger partial charge in [0.1, 0.15) is 23.9 Å². The van der Waals surface area contributed by atoms with Crippen molar-refractivity contribution in [2.45, 2.75) is 13.5 Å². The molecule has 0 N–H and O–H groups in total. The maximum absolute atomic E-state index is 14.2. The Morgan fingerprint density at radius 3 is 2.45 bits per heavy atom. The van der Waals surface area contributed by atoms with Gasteiger partial charge in [0.2, 0.25) is 5.91 Å². The van der Waals surface area contributed by atoms with E-state index in [2.05, 4.69) is 4.98 Å². The molecular weight excluding hydrogens is 443 g/mol. The zero-order chi connectivity index (χ0) is 23.2. The first kappa shape index (κ1) is 22.2. The number of hydrogen-bond donors (Lipinski definition) is 0. The Kier molecular flexibility index (Phi) is 6.75. The van der Waals surface area contributed by atoms with E-state index >= 15 is 0 Å². The van der Waals surface area contributed by atoms with Crippen molar-refractivity contribution >= 4 is 34.0 Å². The number of amides is 1. The van der Waals surface area contributed by atoms with Crippen molar-refractivity contribution in [3.63, 3.8) is 0 Å². The third-order valence-electron chi connectivity index (χ3n) is 4.54. The number of benzene rings is 3. The standard InChI is InChI=1S/C25H19FN2O4S/c1-17(29)28(23-13-6-5-12-22(23)26)25-27-19(16-33-25)15-31-24(30)18-8-7-11-21(14-18)32-20-9-3-2-4-10-20/h2-14,16H,15H2,1H3. The highest BCUT2D eigenvalue weighted by Gasteiger charge is 2.21. The van der Waals surface area contributed by atoms with Crippen LogP contribution in [0.5, 0.6) is 11.5 Å². The Morgan fingerprint density at radius 1 is 0.970 bits per heavy atom. The molecule has 0 atom stereocenters. The molecule has 0 saturated carbocycles. The molecule has 4 aromatic rings. The maximum atomic E-state index is 14.2. The molecule has 1 heterocycles. The van der Waals surface area contributed by atoms with Crippen molar-refractivity contribution < 1.29 is 23.5 Å². The molecular formula is C25H19FN2O4S. The zero-order valence-electron chi connectivity index (χ0n) is 17.6. The van der Waals surface area contributed by atoms with Crippen LogP contribution < -0.4 is 9.64 Å².